The Labute approximate surface area is 127 Å². The van der Waals surface area contributed by atoms with Crippen molar-refractivity contribution in [1.82, 2.24) is 10.2 Å². The number of carbonyl (C=O) groups excluding carboxylic acids is 1. The van der Waals surface area contributed by atoms with Gasteiger partial charge in [-0.2, -0.15) is 0 Å². The molecule has 1 aromatic carbocycles. The maximum absolute atomic E-state index is 12.2. The number of nitrogens with two attached hydrogens (primary N) is 1. The first-order valence-electron chi connectivity index (χ1n) is 7.32. The Morgan fingerprint density at radius 3 is 2.76 bits per heavy atom. The van der Waals surface area contributed by atoms with E-state index in [4.69, 9.17) is 5.73 Å². The molecule has 0 aliphatic carbocycles. The first-order chi connectivity index (χ1) is 10.1. The van der Waals surface area contributed by atoms with E-state index in [0.29, 0.717) is 18.2 Å². The van der Waals surface area contributed by atoms with Gasteiger partial charge in [-0.3, -0.25) is 4.79 Å². The zero-order valence-electron chi connectivity index (χ0n) is 13.1. The highest BCUT2D eigenvalue weighted by atomic mass is 16.1. The van der Waals surface area contributed by atoms with Gasteiger partial charge in [0.2, 0.25) is 0 Å². The lowest BCUT2D eigenvalue weighted by Crippen LogP contribution is -2.31. The van der Waals surface area contributed by atoms with Crippen molar-refractivity contribution in [3.05, 3.63) is 35.4 Å². The molecule has 1 rings (SSSR count). The molecule has 0 saturated carbocycles. The van der Waals surface area contributed by atoms with E-state index in [0.717, 1.165) is 18.5 Å². The Morgan fingerprint density at radius 1 is 1.38 bits per heavy atom. The zero-order chi connectivity index (χ0) is 15.7. The lowest BCUT2D eigenvalue weighted by Gasteiger charge is -2.20. The molecule has 0 spiro atoms. The minimum absolute atomic E-state index is 0.0795. The number of benzene rings is 1. The second-order valence-corrected chi connectivity index (χ2v) is 5.24. The molecule has 0 radical (unpaired) electrons. The molecule has 0 fully saturated rings. The fourth-order valence-corrected chi connectivity index (χ4v) is 1.82. The smallest absolute Gasteiger partial charge is 0.252 e. The molecule has 1 amide bonds. The zero-order valence-corrected chi connectivity index (χ0v) is 13.1. The lowest BCUT2D eigenvalue weighted by molar-refractivity contribution is 0.0951. The van der Waals surface area contributed by atoms with E-state index < -0.39 is 0 Å². The minimum Gasteiger partial charge on any atom is -0.352 e. The van der Waals surface area contributed by atoms with E-state index in [9.17, 15) is 4.79 Å². The van der Waals surface area contributed by atoms with Gasteiger partial charge < -0.3 is 16.0 Å². The van der Waals surface area contributed by atoms with Crippen molar-refractivity contribution < 1.29 is 4.79 Å². The Kier molecular flexibility index (Phi) is 7.52. The number of hydrogen-bond donors (Lipinski definition) is 2. The van der Waals surface area contributed by atoms with Crippen molar-refractivity contribution in [3.8, 4) is 11.8 Å². The molecule has 0 aliphatic rings. The Balaban J connectivity index is 2.53. The third kappa shape index (κ3) is 5.99. The van der Waals surface area contributed by atoms with E-state index in [1.807, 2.05) is 18.2 Å². The van der Waals surface area contributed by atoms with Crippen molar-refractivity contribution in [1.29, 1.82) is 0 Å². The van der Waals surface area contributed by atoms with Crippen LogP contribution in [0.4, 0.5) is 0 Å². The summed E-state index contributed by atoms with van der Waals surface area (Å²) in [4.78, 5) is 14.4. The second kappa shape index (κ2) is 9.17. The molecule has 114 valence electrons. The predicted octanol–water partition coefficient (Wildman–Crippen LogP) is 1.46. The maximum Gasteiger partial charge on any atom is 0.252 e. The standard InChI is InChI=1S/C17H25N3O/c1-14(2)20(3)13-7-12-19-17(21)16-10-5-4-8-15(16)9-6-11-18/h4-5,8,10,14H,7,11-13,18H2,1-3H3,(H,19,21). The number of rotatable bonds is 6. The largest absolute Gasteiger partial charge is 0.352 e. The van der Waals surface area contributed by atoms with Crippen LogP contribution in [0.25, 0.3) is 0 Å². The summed E-state index contributed by atoms with van der Waals surface area (Å²) < 4.78 is 0. The molecule has 0 bridgehead atoms. The van der Waals surface area contributed by atoms with E-state index in [1.54, 1.807) is 6.07 Å². The number of nitrogens with zero attached hydrogens (tertiary/aromatic N) is 1. The fraction of sp³-hybridized carbons (Fsp3) is 0.471. The number of nitrogens with one attached hydrogen (secondary N) is 1. The molecule has 3 N–H and O–H groups in total. The third-order valence-corrected chi connectivity index (χ3v) is 3.35. The highest BCUT2D eigenvalue weighted by Gasteiger charge is 2.09. The molecule has 4 nitrogen and oxygen atoms in total. The van der Waals surface area contributed by atoms with Crippen LogP contribution in [-0.4, -0.2) is 43.5 Å². The topological polar surface area (TPSA) is 58.4 Å². The summed E-state index contributed by atoms with van der Waals surface area (Å²) >= 11 is 0. The molecule has 0 atom stereocenters. The summed E-state index contributed by atoms with van der Waals surface area (Å²) in [6.45, 7) is 6.23. The van der Waals surface area contributed by atoms with Gasteiger partial charge in [-0.05, 0) is 46.0 Å². The number of hydrogen-bond acceptors (Lipinski definition) is 3. The Morgan fingerprint density at radius 2 is 2.10 bits per heavy atom. The molecule has 0 unspecified atom stereocenters. The SMILES string of the molecule is CC(C)N(C)CCCNC(=O)c1ccccc1C#CCN. The quantitative estimate of drug-likeness (QED) is 0.615. The van der Waals surface area contributed by atoms with Crippen LogP contribution in [0.2, 0.25) is 0 Å². The van der Waals surface area contributed by atoms with Gasteiger partial charge >= 0.3 is 0 Å². The molecule has 0 aromatic heterocycles. The van der Waals surface area contributed by atoms with Gasteiger partial charge in [-0.25, -0.2) is 0 Å². The molecule has 0 heterocycles. The van der Waals surface area contributed by atoms with Crippen molar-refractivity contribution >= 4 is 5.91 Å². The van der Waals surface area contributed by atoms with Gasteiger partial charge in [0, 0.05) is 18.2 Å². The van der Waals surface area contributed by atoms with E-state index >= 15 is 0 Å². The molecular formula is C17H25N3O. The van der Waals surface area contributed by atoms with Gasteiger partial charge in [0.15, 0.2) is 0 Å². The van der Waals surface area contributed by atoms with Gasteiger partial charge in [-0.15, -0.1) is 0 Å². The predicted molar refractivity (Wildman–Crippen MR) is 87.1 cm³/mol. The molecule has 4 heteroatoms. The maximum atomic E-state index is 12.2. The highest BCUT2D eigenvalue weighted by Crippen LogP contribution is 2.07. The Hall–Kier alpha value is -1.83. The summed E-state index contributed by atoms with van der Waals surface area (Å²) in [7, 11) is 2.09. The van der Waals surface area contributed by atoms with Crippen LogP contribution >= 0.6 is 0 Å². The van der Waals surface area contributed by atoms with Crippen LogP contribution in [0.1, 0.15) is 36.2 Å². The summed E-state index contributed by atoms with van der Waals surface area (Å²) in [6.07, 6.45) is 0.928. The summed E-state index contributed by atoms with van der Waals surface area (Å²) in [5.74, 6) is 5.64. The highest BCUT2D eigenvalue weighted by molar-refractivity contribution is 5.96. The molecule has 0 aliphatic heterocycles. The van der Waals surface area contributed by atoms with Crippen molar-refractivity contribution in [2.75, 3.05) is 26.7 Å². The summed E-state index contributed by atoms with van der Waals surface area (Å²) in [6, 6.07) is 7.86. The minimum atomic E-state index is -0.0795. The normalized spacial score (nSPS) is 10.4. The van der Waals surface area contributed by atoms with E-state index in [2.05, 4.69) is 43.0 Å². The monoisotopic (exact) mass is 287 g/mol. The van der Waals surface area contributed by atoms with Gasteiger partial charge in [0.05, 0.1) is 12.1 Å². The van der Waals surface area contributed by atoms with Crippen LogP contribution in [0, 0.1) is 11.8 Å². The molecular weight excluding hydrogens is 262 g/mol. The number of carbonyl (C=O) groups is 1. The first kappa shape index (κ1) is 17.2. The number of amides is 1. The van der Waals surface area contributed by atoms with Crippen LogP contribution in [-0.2, 0) is 0 Å². The van der Waals surface area contributed by atoms with Crippen LogP contribution in [0.5, 0.6) is 0 Å². The molecule has 1 aromatic rings. The molecule has 0 saturated heterocycles. The van der Waals surface area contributed by atoms with E-state index in [1.165, 1.54) is 0 Å². The van der Waals surface area contributed by atoms with Gasteiger partial charge in [0.25, 0.3) is 5.91 Å². The van der Waals surface area contributed by atoms with Gasteiger partial charge in [0.1, 0.15) is 0 Å². The van der Waals surface area contributed by atoms with Crippen LogP contribution in [0.15, 0.2) is 24.3 Å². The van der Waals surface area contributed by atoms with Crippen molar-refractivity contribution in [2.24, 2.45) is 5.73 Å². The van der Waals surface area contributed by atoms with Crippen molar-refractivity contribution in [2.45, 2.75) is 26.3 Å². The lowest BCUT2D eigenvalue weighted by atomic mass is 10.1. The fourth-order valence-electron chi connectivity index (χ4n) is 1.82. The van der Waals surface area contributed by atoms with Crippen LogP contribution < -0.4 is 11.1 Å². The summed E-state index contributed by atoms with van der Waals surface area (Å²) in [5, 5.41) is 2.95. The third-order valence-electron chi connectivity index (χ3n) is 3.35. The van der Waals surface area contributed by atoms with E-state index in [-0.39, 0.29) is 12.5 Å². The average molecular weight is 287 g/mol. The van der Waals surface area contributed by atoms with Gasteiger partial charge in [-0.1, -0.05) is 24.0 Å². The second-order valence-electron chi connectivity index (χ2n) is 5.24. The first-order valence-corrected chi connectivity index (χ1v) is 7.32. The molecule has 21 heavy (non-hydrogen) atoms. The summed E-state index contributed by atoms with van der Waals surface area (Å²) in [5.41, 5.74) is 6.70. The average Bonchev–Trinajstić information content (AvgIpc) is 2.49. The van der Waals surface area contributed by atoms with Crippen LogP contribution in [0.3, 0.4) is 0 Å². The van der Waals surface area contributed by atoms with Crippen molar-refractivity contribution in [3.63, 3.8) is 0 Å². The Bertz CT molecular complexity index is 514.